The monoisotopic (exact) mass is 309 g/mol. The second-order valence-electron chi connectivity index (χ2n) is 5.29. The van der Waals surface area contributed by atoms with E-state index in [9.17, 15) is 8.78 Å². The Morgan fingerprint density at radius 2 is 2.05 bits per heavy atom. The zero-order chi connectivity index (χ0) is 15.7. The second kappa shape index (κ2) is 5.57. The van der Waals surface area contributed by atoms with Crippen LogP contribution in [0.25, 0.3) is 0 Å². The van der Waals surface area contributed by atoms with E-state index in [-0.39, 0.29) is 17.5 Å². The van der Waals surface area contributed by atoms with E-state index in [2.05, 4.69) is 19.9 Å². The summed E-state index contributed by atoms with van der Waals surface area (Å²) >= 11 is 0. The van der Waals surface area contributed by atoms with Crippen molar-refractivity contribution in [3.8, 4) is 11.5 Å². The lowest BCUT2D eigenvalue weighted by Gasteiger charge is -2.11. The molecule has 7 heteroatoms. The maximum absolute atomic E-state index is 13.0. The van der Waals surface area contributed by atoms with Crippen LogP contribution in [0.15, 0.2) is 30.5 Å². The Labute approximate surface area is 126 Å². The first-order valence-corrected chi connectivity index (χ1v) is 7.05. The number of nitrogens with zero attached hydrogens (tertiary/aromatic N) is 2. The minimum absolute atomic E-state index is 0.0727. The number of ether oxygens (including phenoxy) is 2. The average Bonchev–Trinajstić information content (AvgIpc) is 2.99. The van der Waals surface area contributed by atoms with Crippen molar-refractivity contribution in [2.75, 3.05) is 6.54 Å². The van der Waals surface area contributed by atoms with Gasteiger partial charge in [0.05, 0.1) is 5.69 Å². The van der Waals surface area contributed by atoms with Crippen LogP contribution in [0.1, 0.15) is 24.2 Å². The highest BCUT2D eigenvalue weighted by Gasteiger charge is 2.43. The molecule has 5 nitrogen and oxygen atoms in total. The third-order valence-corrected chi connectivity index (χ3v) is 3.51. The van der Waals surface area contributed by atoms with Crippen LogP contribution in [0.5, 0.6) is 11.5 Å². The molecule has 1 N–H and O–H groups in total. The van der Waals surface area contributed by atoms with Crippen molar-refractivity contribution in [2.45, 2.75) is 25.7 Å². The van der Waals surface area contributed by atoms with E-state index in [1.165, 1.54) is 6.07 Å². The summed E-state index contributed by atoms with van der Waals surface area (Å²) in [6.45, 7) is 2.73. The minimum atomic E-state index is -3.56. The SMILES string of the molecule is CC(NCCc1ccc2c(c1)OC(F)(F)O2)c1ccn(C)n1. The Morgan fingerprint density at radius 3 is 2.77 bits per heavy atom. The molecule has 1 atom stereocenters. The van der Waals surface area contributed by atoms with Gasteiger partial charge in [0.1, 0.15) is 0 Å². The van der Waals surface area contributed by atoms with Crippen molar-refractivity contribution in [1.29, 1.82) is 0 Å². The standard InChI is InChI=1S/C15H17F2N3O2/c1-10(12-6-8-20(2)19-12)18-7-5-11-3-4-13-14(9-11)22-15(16,17)21-13/h3-4,6,8-10,18H,5,7H2,1-2H3. The van der Waals surface area contributed by atoms with Crippen LogP contribution in [-0.2, 0) is 13.5 Å². The summed E-state index contributed by atoms with van der Waals surface area (Å²) < 4.78 is 36.5. The predicted molar refractivity (Wildman–Crippen MR) is 76.0 cm³/mol. The Kier molecular flexibility index (Phi) is 3.74. The van der Waals surface area contributed by atoms with Crippen molar-refractivity contribution < 1.29 is 18.3 Å². The van der Waals surface area contributed by atoms with Crippen molar-refractivity contribution in [3.05, 3.63) is 41.7 Å². The van der Waals surface area contributed by atoms with E-state index in [0.29, 0.717) is 13.0 Å². The van der Waals surface area contributed by atoms with Gasteiger partial charge in [0.25, 0.3) is 0 Å². The molecule has 0 spiro atoms. The molecule has 1 aromatic heterocycles. The van der Waals surface area contributed by atoms with Gasteiger partial charge in [-0.2, -0.15) is 5.10 Å². The average molecular weight is 309 g/mol. The van der Waals surface area contributed by atoms with Crippen LogP contribution in [0.2, 0.25) is 0 Å². The smallest absolute Gasteiger partial charge is 0.395 e. The number of aryl methyl sites for hydroxylation is 1. The molecular formula is C15H17F2N3O2. The minimum Gasteiger partial charge on any atom is -0.395 e. The van der Waals surface area contributed by atoms with Gasteiger partial charge in [-0.05, 0) is 43.7 Å². The molecule has 1 aromatic carbocycles. The molecule has 1 aliphatic rings. The van der Waals surface area contributed by atoms with Gasteiger partial charge in [0, 0.05) is 19.3 Å². The van der Waals surface area contributed by atoms with Crippen LogP contribution in [0, 0.1) is 0 Å². The number of hydrogen-bond donors (Lipinski definition) is 1. The Balaban J connectivity index is 1.55. The molecule has 118 valence electrons. The normalized spacial score (nSPS) is 16.7. The first kappa shape index (κ1) is 14.8. The second-order valence-corrected chi connectivity index (χ2v) is 5.29. The Bertz CT molecular complexity index is 673. The van der Waals surface area contributed by atoms with Crippen LogP contribution >= 0.6 is 0 Å². The van der Waals surface area contributed by atoms with Crippen LogP contribution in [0.3, 0.4) is 0 Å². The van der Waals surface area contributed by atoms with Crippen LogP contribution < -0.4 is 14.8 Å². The summed E-state index contributed by atoms with van der Waals surface area (Å²) in [6.07, 6.45) is -0.975. The summed E-state index contributed by atoms with van der Waals surface area (Å²) in [5.41, 5.74) is 1.87. The molecule has 3 rings (SSSR count). The molecule has 0 fully saturated rings. The summed E-state index contributed by atoms with van der Waals surface area (Å²) in [5, 5.41) is 7.68. The number of aromatic nitrogens is 2. The molecule has 0 aliphatic carbocycles. The van der Waals surface area contributed by atoms with Crippen molar-refractivity contribution in [1.82, 2.24) is 15.1 Å². The number of fused-ring (bicyclic) bond motifs is 1. The lowest BCUT2D eigenvalue weighted by molar-refractivity contribution is -0.286. The van der Waals surface area contributed by atoms with Crippen LogP contribution in [-0.4, -0.2) is 22.6 Å². The summed E-state index contributed by atoms with van der Waals surface area (Å²) in [5.74, 6) is 0.156. The van der Waals surface area contributed by atoms with E-state index in [1.54, 1.807) is 16.8 Å². The molecular weight excluding hydrogens is 292 g/mol. The molecule has 1 unspecified atom stereocenters. The van der Waals surface area contributed by atoms with Crippen molar-refractivity contribution in [2.24, 2.45) is 7.05 Å². The molecule has 2 aromatic rings. The van der Waals surface area contributed by atoms with Gasteiger partial charge in [-0.25, -0.2) is 0 Å². The maximum atomic E-state index is 13.0. The molecule has 1 aliphatic heterocycles. The molecule has 0 amide bonds. The number of halogens is 2. The van der Waals surface area contributed by atoms with Gasteiger partial charge < -0.3 is 14.8 Å². The summed E-state index contributed by atoms with van der Waals surface area (Å²) in [6, 6.07) is 6.94. The first-order valence-electron chi connectivity index (χ1n) is 7.05. The molecule has 0 saturated heterocycles. The zero-order valence-electron chi connectivity index (χ0n) is 12.3. The molecule has 2 heterocycles. The van der Waals surface area contributed by atoms with E-state index in [0.717, 1.165) is 11.3 Å². The summed E-state index contributed by atoms with van der Waals surface area (Å²) in [7, 11) is 1.87. The maximum Gasteiger partial charge on any atom is 0.586 e. The van der Waals surface area contributed by atoms with Gasteiger partial charge in [-0.1, -0.05) is 6.07 Å². The van der Waals surface area contributed by atoms with Gasteiger partial charge in [-0.3, -0.25) is 4.68 Å². The predicted octanol–water partition coefficient (Wildman–Crippen LogP) is 2.63. The van der Waals surface area contributed by atoms with Crippen LogP contribution in [0.4, 0.5) is 8.78 Å². The largest absolute Gasteiger partial charge is 0.586 e. The highest BCUT2D eigenvalue weighted by atomic mass is 19.3. The molecule has 0 bridgehead atoms. The van der Waals surface area contributed by atoms with E-state index in [4.69, 9.17) is 0 Å². The number of rotatable bonds is 5. The van der Waals surface area contributed by atoms with Gasteiger partial charge in [-0.15, -0.1) is 8.78 Å². The topological polar surface area (TPSA) is 48.3 Å². The third-order valence-electron chi connectivity index (χ3n) is 3.51. The van der Waals surface area contributed by atoms with Crippen molar-refractivity contribution >= 4 is 0 Å². The zero-order valence-corrected chi connectivity index (χ0v) is 12.3. The first-order chi connectivity index (χ1) is 10.4. The van der Waals surface area contributed by atoms with E-state index < -0.39 is 6.29 Å². The number of hydrogen-bond acceptors (Lipinski definition) is 4. The number of nitrogens with one attached hydrogen (secondary N) is 1. The fourth-order valence-corrected chi connectivity index (χ4v) is 2.35. The molecule has 22 heavy (non-hydrogen) atoms. The number of alkyl halides is 2. The van der Waals surface area contributed by atoms with Crippen molar-refractivity contribution in [3.63, 3.8) is 0 Å². The van der Waals surface area contributed by atoms with Gasteiger partial charge >= 0.3 is 6.29 Å². The lowest BCUT2D eigenvalue weighted by Crippen LogP contribution is -2.25. The molecule has 0 radical (unpaired) electrons. The molecule has 0 saturated carbocycles. The van der Waals surface area contributed by atoms with Gasteiger partial charge in [0.2, 0.25) is 0 Å². The number of benzene rings is 1. The van der Waals surface area contributed by atoms with Gasteiger partial charge in [0.15, 0.2) is 11.5 Å². The Hall–Kier alpha value is -2.15. The summed E-state index contributed by atoms with van der Waals surface area (Å²) in [4.78, 5) is 0. The highest BCUT2D eigenvalue weighted by molar-refractivity contribution is 5.45. The van der Waals surface area contributed by atoms with E-state index >= 15 is 0 Å². The van der Waals surface area contributed by atoms with E-state index in [1.807, 2.05) is 26.2 Å². The fourth-order valence-electron chi connectivity index (χ4n) is 2.35. The highest BCUT2D eigenvalue weighted by Crippen LogP contribution is 2.41. The Morgan fingerprint density at radius 1 is 1.27 bits per heavy atom. The quantitative estimate of drug-likeness (QED) is 0.922. The third kappa shape index (κ3) is 3.19. The fraction of sp³-hybridized carbons (Fsp3) is 0.400. The lowest BCUT2D eigenvalue weighted by atomic mass is 10.1.